The minimum absolute atomic E-state index is 0.0763. The zero-order valence-electron chi connectivity index (χ0n) is 13.6. The fourth-order valence-electron chi connectivity index (χ4n) is 2.11. The molecule has 0 fully saturated rings. The molecule has 7 nitrogen and oxygen atoms in total. The van der Waals surface area contributed by atoms with Crippen LogP contribution in [0, 0.1) is 17.0 Å². The van der Waals surface area contributed by atoms with Crippen LogP contribution in [0.1, 0.15) is 11.1 Å². The third-order valence-corrected chi connectivity index (χ3v) is 3.43. The summed E-state index contributed by atoms with van der Waals surface area (Å²) in [6, 6.07) is 13.7. The minimum Gasteiger partial charge on any atom is -0.343 e. The van der Waals surface area contributed by atoms with Gasteiger partial charge in [-0.1, -0.05) is 36.4 Å². The molecule has 0 unspecified atom stereocenters. The van der Waals surface area contributed by atoms with Crippen LogP contribution in [0.3, 0.4) is 0 Å². The lowest BCUT2D eigenvalue weighted by Gasteiger charge is -2.08. The Balaban J connectivity index is 1.89. The number of nitro groups is 1. The van der Waals surface area contributed by atoms with Crippen LogP contribution in [0.4, 0.5) is 11.4 Å². The maximum Gasteiger partial charge on any atom is 0.274 e. The predicted molar refractivity (Wildman–Crippen MR) is 94.9 cm³/mol. The Labute approximate surface area is 144 Å². The van der Waals surface area contributed by atoms with E-state index in [4.69, 9.17) is 0 Å². The van der Waals surface area contributed by atoms with E-state index >= 15 is 0 Å². The maximum atomic E-state index is 11.9. The highest BCUT2D eigenvalue weighted by Gasteiger charge is 2.14. The summed E-state index contributed by atoms with van der Waals surface area (Å²) >= 11 is 0. The summed E-state index contributed by atoms with van der Waals surface area (Å²) in [6.07, 6.45) is 2.97. The van der Waals surface area contributed by atoms with E-state index in [0.717, 1.165) is 5.56 Å². The van der Waals surface area contributed by atoms with Crippen LogP contribution < -0.4 is 10.6 Å². The molecule has 2 amide bonds. The number of benzene rings is 2. The fourth-order valence-corrected chi connectivity index (χ4v) is 2.11. The molecule has 2 aromatic rings. The van der Waals surface area contributed by atoms with Crippen molar-refractivity contribution in [2.45, 2.75) is 6.92 Å². The topological polar surface area (TPSA) is 101 Å². The number of nitrogens with one attached hydrogen (secondary N) is 2. The van der Waals surface area contributed by atoms with Crippen LogP contribution in [0.25, 0.3) is 6.08 Å². The Morgan fingerprint density at radius 1 is 1.12 bits per heavy atom. The highest BCUT2D eigenvalue weighted by molar-refractivity contribution is 5.98. The lowest BCUT2D eigenvalue weighted by atomic mass is 10.1. The molecule has 0 heterocycles. The van der Waals surface area contributed by atoms with Gasteiger partial charge in [0, 0.05) is 12.1 Å². The third kappa shape index (κ3) is 5.28. The average Bonchev–Trinajstić information content (AvgIpc) is 2.60. The second-order valence-electron chi connectivity index (χ2n) is 5.22. The molecule has 128 valence electrons. The summed E-state index contributed by atoms with van der Waals surface area (Å²) < 4.78 is 0. The number of nitrogens with zero attached hydrogens (tertiary/aromatic N) is 1. The predicted octanol–water partition coefficient (Wildman–Crippen LogP) is 2.67. The summed E-state index contributed by atoms with van der Waals surface area (Å²) in [5.41, 5.74) is 1.49. The van der Waals surface area contributed by atoms with Gasteiger partial charge in [-0.05, 0) is 24.6 Å². The number of rotatable bonds is 6. The average molecular weight is 339 g/mol. The monoisotopic (exact) mass is 339 g/mol. The number of anilines is 1. The molecule has 0 aliphatic carbocycles. The third-order valence-electron chi connectivity index (χ3n) is 3.43. The number of hydrogen-bond acceptors (Lipinski definition) is 4. The van der Waals surface area contributed by atoms with Gasteiger partial charge in [0.15, 0.2) is 0 Å². The first-order valence-corrected chi connectivity index (χ1v) is 7.52. The highest BCUT2D eigenvalue weighted by Crippen LogP contribution is 2.24. The summed E-state index contributed by atoms with van der Waals surface area (Å²) in [5, 5.41) is 15.9. The second-order valence-corrected chi connectivity index (χ2v) is 5.22. The van der Waals surface area contributed by atoms with E-state index in [1.54, 1.807) is 19.1 Å². The van der Waals surface area contributed by atoms with Gasteiger partial charge in [0.05, 0.1) is 22.7 Å². The number of nitro benzene ring substituents is 1. The van der Waals surface area contributed by atoms with E-state index in [-0.39, 0.29) is 12.2 Å². The number of carbonyl (C=O) groups excluding carboxylic acids is 2. The van der Waals surface area contributed by atoms with Crippen LogP contribution >= 0.6 is 0 Å². The van der Waals surface area contributed by atoms with Crippen molar-refractivity contribution >= 4 is 29.3 Å². The van der Waals surface area contributed by atoms with Crippen LogP contribution in [0.5, 0.6) is 0 Å². The van der Waals surface area contributed by atoms with Gasteiger partial charge < -0.3 is 10.6 Å². The SMILES string of the molecule is Cc1c(NC(=O)CNC(=O)/C=C/c2ccccc2)cccc1[N+](=O)[O-]. The van der Waals surface area contributed by atoms with Crippen molar-refractivity contribution in [1.29, 1.82) is 0 Å². The molecule has 2 aromatic carbocycles. The Bertz CT molecular complexity index is 816. The van der Waals surface area contributed by atoms with E-state index in [0.29, 0.717) is 11.3 Å². The quantitative estimate of drug-likeness (QED) is 0.480. The Morgan fingerprint density at radius 2 is 1.84 bits per heavy atom. The van der Waals surface area contributed by atoms with Gasteiger partial charge >= 0.3 is 0 Å². The zero-order valence-corrected chi connectivity index (χ0v) is 13.6. The molecule has 0 aromatic heterocycles. The van der Waals surface area contributed by atoms with Crippen molar-refractivity contribution in [1.82, 2.24) is 5.32 Å². The van der Waals surface area contributed by atoms with Gasteiger partial charge in [-0.2, -0.15) is 0 Å². The van der Waals surface area contributed by atoms with Gasteiger partial charge in [0.1, 0.15) is 0 Å². The van der Waals surface area contributed by atoms with Gasteiger partial charge in [0.2, 0.25) is 11.8 Å². The zero-order chi connectivity index (χ0) is 18.2. The Morgan fingerprint density at radius 3 is 2.52 bits per heavy atom. The van der Waals surface area contributed by atoms with Crippen LogP contribution in [0.2, 0.25) is 0 Å². The molecule has 7 heteroatoms. The van der Waals surface area contributed by atoms with Crippen molar-refractivity contribution in [3.8, 4) is 0 Å². The van der Waals surface area contributed by atoms with Crippen LogP contribution in [-0.4, -0.2) is 23.3 Å². The van der Waals surface area contributed by atoms with E-state index < -0.39 is 16.7 Å². The van der Waals surface area contributed by atoms with Gasteiger partial charge in [-0.3, -0.25) is 19.7 Å². The first kappa shape index (κ1) is 17.9. The normalized spacial score (nSPS) is 10.4. The lowest BCUT2D eigenvalue weighted by molar-refractivity contribution is -0.385. The molecule has 0 radical (unpaired) electrons. The van der Waals surface area contributed by atoms with E-state index in [2.05, 4.69) is 10.6 Å². The molecule has 0 spiro atoms. The summed E-state index contributed by atoms with van der Waals surface area (Å²) in [7, 11) is 0. The molecule has 25 heavy (non-hydrogen) atoms. The van der Waals surface area contributed by atoms with E-state index in [9.17, 15) is 19.7 Å². The Kier molecular flexibility index (Phi) is 6.00. The van der Waals surface area contributed by atoms with Crippen molar-refractivity contribution in [3.05, 3.63) is 75.8 Å². The maximum absolute atomic E-state index is 11.9. The molecule has 0 atom stereocenters. The Hall–Kier alpha value is -3.48. The van der Waals surface area contributed by atoms with Crippen molar-refractivity contribution in [2.75, 3.05) is 11.9 Å². The molecule has 0 saturated carbocycles. The van der Waals surface area contributed by atoms with Crippen molar-refractivity contribution in [2.24, 2.45) is 0 Å². The largest absolute Gasteiger partial charge is 0.343 e. The highest BCUT2D eigenvalue weighted by atomic mass is 16.6. The molecule has 2 rings (SSSR count). The number of amides is 2. The lowest BCUT2D eigenvalue weighted by Crippen LogP contribution is -2.31. The number of carbonyl (C=O) groups is 2. The second kappa shape index (κ2) is 8.39. The summed E-state index contributed by atoms with van der Waals surface area (Å²) in [6.45, 7) is 1.31. The summed E-state index contributed by atoms with van der Waals surface area (Å²) in [4.78, 5) is 34.0. The van der Waals surface area contributed by atoms with Gasteiger partial charge in [-0.15, -0.1) is 0 Å². The van der Waals surface area contributed by atoms with Crippen LogP contribution in [-0.2, 0) is 9.59 Å². The minimum atomic E-state index is -0.513. The molecule has 0 saturated heterocycles. The molecule has 2 N–H and O–H groups in total. The smallest absolute Gasteiger partial charge is 0.274 e. The van der Waals surface area contributed by atoms with Gasteiger partial charge in [0.25, 0.3) is 5.69 Å². The van der Waals surface area contributed by atoms with Crippen molar-refractivity contribution < 1.29 is 14.5 Å². The molecular weight excluding hydrogens is 322 g/mol. The first-order valence-electron chi connectivity index (χ1n) is 7.52. The van der Waals surface area contributed by atoms with E-state index in [1.807, 2.05) is 30.3 Å². The summed E-state index contributed by atoms with van der Waals surface area (Å²) in [5.74, 6) is -0.875. The van der Waals surface area contributed by atoms with Crippen molar-refractivity contribution in [3.63, 3.8) is 0 Å². The molecule has 0 aliphatic rings. The molecule has 0 aliphatic heterocycles. The fraction of sp³-hybridized carbons (Fsp3) is 0.111. The first-order chi connectivity index (χ1) is 12.0. The molecular formula is C18H17N3O4. The standard InChI is InChI=1S/C18H17N3O4/c1-13-15(8-5-9-16(13)21(24)25)20-18(23)12-19-17(22)11-10-14-6-3-2-4-7-14/h2-11H,12H2,1H3,(H,19,22)(H,20,23)/b11-10+. The number of hydrogen-bond donors (Lipinski definition) is 2. The van der Waals surface area contributed by atoms with E-state index in [1.165, 1.54) is 18.2 Å². The van der Waals surface area contributed by atoms with Crippen LogP contribution in [0.15, 0.2) is 54.6 Å². The molecule has 0 bridgehead atoms. The van der Waals surface area contributed by atoms with Gasteiger partial charge in [-0.25, -0.2) is 0 Å².